The number of carbonyl (C=O) groups excluding carboxylic acids is 2. The van der Waals surface area contributed by atoms with Gasteiger partial charge < -0.3 is 5.32 Å². The minimum absolute atomic E-state index is 0.0754. The van der Waals surface area contributed by atoms with Crippen molar-refractivity contribution in [2.75, 3.05) is 0 Å². The first kappa shape index (κ1) is 19.6. The molecule has 0 aliphatic heterocycles. The van der Waals surface area contributed by atoms with Gasteiger partial charge in [0.25, 0.3) is 0 Å². The van der Waals surface area contributed by atoms with Crippen LogP contribution in [0.25, 0.3) is 0 Å². The number of amides is 1. The van der Waals surface area contributed by atoms with Gasteiger partial charge >= 0.3 is 0 Å². The van der Waals surface area contributed by atoms with Crippen LogP contribution < -0.4 is 5.32 Å². The highest BCUT2D eigenvalue weighted by atomic mass is 32.2. The summed E-state index contributed by atoms with van der Waals surface area (Å²) in [4.78, 5) is 34.3. The number of aryl methyl sites for hydroxylation is 1. The van der Waals surface area contributed by atoms with Gasteiger partial charge in [0.05, 0.1) is 16.7 Å². The molecule has 1 atom stereocenters. The number of carbonyl (C=O) groups is 2. The van der Waals surface area contributed by atoms with Crippen LogP contribution in [0.4, 0.5) is 0 Å². The minimum atomic E-state index is -0.235. The summed E-state index contributed by atoms with van der Waals surface area (Å²) in [6.45, 7) is 9.88. The van der Waals surface area contributed by atoms with Crippen molar-refractivity contribution >= 4 is 34.8 Å². The van der Waals surface area contributed by atoms with Crippen molar-refractivity contribution in [1.82, 2.24) is 15.3 Å². The third-order valence-corrected chi connectivity index (χ3v) is 5.57. The van der Waals surface area contributed by atoms with E-state index in [2.05, 4.69) is 29.1 Å². The normalized spacial score (nSPS) is 12.2. The summed E-state index contributed by atoms with van der Waals surface area (Å²) >= 11 is 2.88. The number of nitrogens with one attached hydrogen (secondary N) is 1. The number of Topliss-reactive ketones (excluding diaryl/α,β-unsaturated/α-hetero) is 1. The van der Waals surface area contributed by atoms with Crippen LogP contribution in [-0.4, -0.2) is 26.9 Å². The molecule has 0 fully saturated rings. The van der Waals surface area contributed by atoms with E-state index in [1.165, 1.54) is 30.0 Å². The van der Waals surface area contributed by atoms with Gasteiger partial charge in [-0.15, -0.1) is 11.3 Å². The van der Waals surface area contributed by atoms with E-state index in [4.69, 9.17) is 0 Å². The summed E-state index contributed by atoms with van der Waals surface area (Å²) in [5.74, 6) is 1.05. The Morgan fingerprint density at radius 3 is 2.60 bits per heavy atom. The second-order valence-corrected chi connectivity index (χ2v) is 8.69. The largest absolute Gasteiger partial charge is 0.351 e. The van der Waals surface area contributed by atoms with Crippen LogP contribution >= 0.6 is 23.1 Å². The first-order valence-corrected chi connectivity index (χ1v) is 9.85. The van der Waals surface area contributed by atoms with E-state index in [9.17, 15) is 9.59 Å². The fourth-order valence-electron chi connectivity index (χ4n) is 2.13. The Balaban J connectivity index is 2.06. The van der Waals surface area contributed by atoms with Gasteiger partial charge in [0.1, 0.15) is 10.9 Å². The first-order valence-electron chi connectivity index (χ1n) is 8.16. The van der Waals surface area contributed by atoms with Gasteiger partial charge in [0, 0.05) is 23.4 Å². The molecule has 134 valence electrons. The van der Waals surface area contributed by atoms with Gasteiger partial charge in [0.2, 0.25) is 5.91 Å². The number of thiophene rings is 1. The molecule has 2 aromatic rings. The van der Waals surface area contributed by atoms with Crippen molar-refractivity contribution in [3.05, 3.63) is 39.5 Å². The molecule has 0 aromatic carbocycles. The van der Waals surface area contributed by atoms with Crippen molar-refractivity contribution in [3.63, 3.8) is 0 Å². The molecule has 0 saturated heterocycles. The predicted octanol–water partition coefficient (Wildman–Crippen LogP) is 3.97. The first-order chi connectivity index (χ1) is 11.8. The van der Waals surface area contributed by atoms with Crippen LogP contribution in [0.1, 0.15) is 59.7 Å². The number of aromatic nitrogens is 2. The molecular weight excluding hydrogens is 354 g/mol. The molecule has 2 heterocycles. The Hall–Kier alpha value is -1.73. The molecule has 0 spiro atoms. The van der Waals surface area contributed by atoms with E-state index < -0.39 is 0 Å². The molecule has 0 bridgehead atoms. The van der Waals surface area contributed by atoms with Crippen LogP contribution in [0.5, 0.6) is 0 Å². The monoisotopic (exact) mass is 377 g/mol. The highest BCUT2D eigenvalue weighted by molar-refractivity contribution is 8.00. The molecule has 0 aliphatic carbocycles. The van der Waals surface area contributed by atoms with Gasteiger partial charge in [0.15, 0.2) is 5.78 Å². The Labute approximate surface area is 156 Å². The van der Waals surface area contributed by atoms with Crippen LogP contribution in [0.15, 0.2) is 23.2 Å². The lowest BCUT2D eigenvalue weighted by atomic mass is 10.2. The minimum Gasteiger partial charge on any atom is -0.351 e. The van der Waals surface area contributed by atoms with E-state index in [0.717, 1.165) is 21.4 Å². The van der Waals surface area contributed by atoms with Gasteiger partial charge in [-0.1, -0.05) is 25.6 Å². The molecule has 1 N–H and O–H groups in total. The Kier molecular flexibility index (Phi) is 6.72. The van der Waals surface area contributed by atoms with Crippen LogP contribution in [0.3, 0.4) is 0 Å². The molecule has 2 rings (SSSR count). The van der Waals surface area contributed by atoms with Crippen LogP contribution in [-0.2, 0) is 11.3 Å². The fraction of sp³-hybridized carbons (Fsp3) is 0.444. The zero-order valence-electron chi connectivity index (χ0n) is 15.1. The zero-order valence-corrected chi connectivity index (χ0v) is 16.8. The number of hydrogen-bond acceptors (Lipinski definition) is 6. The predicted molar refractivity (Wildman–Crippen MR) is 102 cm³/mol. The van der Waals surface area contributed by atoms with E-state index in [1.807, 2.05) is 32.0 Å². The summed E-state index contributed by atoms with van der Waals surface area (Å²) < 4.78 is 0. The van der Waals surface area contributed by atoms with Crippen molar-refractivity contribution in [2.45, 2.75) is 57.4 Å². The third kappa shape index (κ3) is 5.64. The lowest BCUT2D eigenvalue weighted by Crippen LogP contribution is -2.18. The van der Waals surface area contributed by atoms with Crippen molar-refractivity contribution in [2.24, 2.45) is 0 Å². The van der Waals surface area contributed by atoms with E-state index in [1.54, 1.807) is 0 Å². The van der Waals surface area contributed by atoms with E-state index >= 15 is 0 Å². The number of rotatable bonds is 7. The molecular formula is C18H23N3O2S2. The second kappa shape index (κ2) is 8.58. The van der Waals surface area contributed by atoms with Gasteiger partial charge in [-0.05, 0) is 32.0 Å². The van der Waals surface area contributed by atoms with Crippen molar-refractivity contribution in [1.29, 1.82) is 0 Å². The average Bonchev–Trinajstić information content (AvgIpc) is 3.00. The molecule has 1 amide bonds. The maximum atomic E-state index is 12.7. The summed E-state index contributed by atoms with van der Waals surface area (Å²) in [5, 5.41) is 3.34. The quantitative estimate of drug-likeness (QED) is 0.449. The van der Waals surface area contributed by atoms with E-state index in [0.29, 0.717) is 11.4 Å². The van der Waals surface area contributed by atoms with Gasteiger partial charge in [-0.3, -0.25) is 9.59 Å². The molecule has 5 nitrogen and oxygen atoms in total. The molecule has 0 radical (unpaired) electrons. The maximum absolute atomic E-state index is 12.7. The summed E-state index contributed by atoms with van der Waals surface area (Å²) in [6.07, 6.45) is 0. The Bertz CT molecular complexity index is 771. The smallest absolute Gasteiger partial charge is 0.217 e. The average molecular weight is 378 g/mol. The SMILES string of the molecule is CC(=O)NCc1ccc(C(=O)[C@@H](C)Sc2cc(C)nc(C(C)C)n2)s1. The van der Waals surface area contributed by atoms with Crippen molar-refractivity contribution in [3.8, 4) is 0 Å². The molecule has 0 unspecified atom stereocenters. The Morgan fingerprint density at radius 1 is 1.24 bits per heavy atom. The number of hydrogen-bond donors (Lipinski definition) is 1. The molecule has 0 saturated carbocycles. The fourth-order valence-corrected chi connectivity index (χ4v) is 4.16. The van der Waals surface area contributed by atoms with Crippen molar-refractivity contribution < 1.29 is 9.59 Å². The lowest BCUT2D eigenvalue weighted by molar-refractivity contribution is -0.119. The van der Waals surface area contributed by atoms with Crippen LogP contribution in [0.2, 0.25) is 0 Å². The maximum Gasteiger partial charge on any atom is 0.217 e. The second-order valence-electron chi connectivity index (χ2n) is 6.16. The molecule has 0 aliphatic rings. The molecule has 25 heavy (non-hydrogen) atoms. The van der Waals surface area contributed by atoms with Gasteiger partial charge in [-0.25, -0.2) is 9.97 Å². The summed E-state index contributed by atoms with van der Waals surface area (Å²) in [7, 11) is 0. The van der Waals surface area contributed by atoms with Gasteiger partial charge in [-0.2, -0.15) is 0 Å². The van der Waals surface area contributed by atoms with E-state index in [-0.39, 0.29) is 22.9 Å². The lowest BCUT2D eigenvalue weighted by Gasteiger charge is -2.11. The summed E-state index contributed by atoms with van der Waals surface area (Å²) in [5.41, 5.74) is 0.912. The topological polar surface area (TPSA) is 72.0 Å². The molecule has 2 aromatic heterocycles. The highest BCUT2D eigenvalue weighted by Gasteiger charge is 2.20. The zero-order chi connectivity index (χ0) is 18.6. The molecule has 7 heteroatoms. The summed E-state index contributed by atoms with van der Waals surface area (Å²) in [6, 6.07) is 5.62. The highest BCUT2D eigenvalue weighted by Crippen LogP contribution is 2.28. The number of thioether (sulfide) groups is 1. The van der Waals surface area contributed by atoms with Crippen LogP contribution in [0, 0.1) is 6.92 Å². The number of nitrogens with zero attached hydrogens (tertiary/aromatic N) is 2. The standard InChI is InChI=1S/C18H23N3O2S2/c1-10(2)18-20-11(3)8-16(21-18)24-12(4)17(23)15-7-6-14(25-15)9-19-13(5)22/h6-8,10,12H,9H2,1-5H3,(H,19,22)/t12-/m1/s1. The number of ketones is 1. The third-order valence-electron chi connectivity index (χ3n) is 3.45. The Morgan fingerprint density at radius 2 is 1.96 bits per heavy atom.